The fraction of sp³-hybridized carbons (Fsp3) is 0.267. The van der Waals surface area contributed by atoms with Gasteiger partial charge in [0.25, 0.3) is 11.7 Å². The van der Waals surface area contributed by atoms with Crippen molar-refractivity contribution in [2.24, 2.45) is 0 Å². The summed E-state index contributed by atoms with van der Waals surface area (Å²) in [5.41, 5.74) is 4.09. The van der Waals surface area contributed by atoms with Gasteiger partial charge in [-0.3, -0.25) is 14.5 Å². The van der Waals surface area contributed by atoms with Gasteiger partial charge in [0.1, 0.15) is 5.01 Å². The van der Waals surface area contributed by atoms with Crippen LogP contribution in [0.3, 0.4) is 0 Å². The molecule has 0 fully saturated rings. The number of hydrogen-bond donors (Lipinski definition) is 0. The molecular weight excluding hydrogens is 272 g/mol. The summed E-state index contributed by atoms with van der Waals surface area (Å²) in [5, 5.41) is 2.79. The molecule has 20 heavy (non-hydrogen) atoms. The number of ketones is 1. The average molecular weight is 286 g/mol. The maximum Gasteiger partial charge on any atom is 0.299 e. The molecule has 1 aliphatic heterocycles. The summed E-state index contributed by atoms with van der Waals surface area (Å²) in [5.74, 6) is -0.868. The monoisotopic (exact) mass is 286 g/mol. The second-order valence-corrected chi connectivity index (χ2v) is 6.02. The van der Waals surface area contributed by atoms with Gasteiger partial charge in [-0.1, -0.05) is 6.07 Å². The van der Waals surface area contributed by atoms with Crippen LogP contribution < -0.4 is 4.90 Å². The zero-order chi connectivity index (χ0) is 14.4. The third kappa shape index (κ3) is 1.94. The Labute approximate surface area is 121 Å². The number of rotatable bonds is 2. The van der Waals surface area contributed by atoms with Crippen LogP contribution in [0.15, 0.2) is 17.5 Å². The van der Waals surface area contributed by atoms with Crippen LogP contribution in [0.2, 0.25) is 0 Å². The first-order chi connectivity index (χ1) is 9.47. The molecule has 0 bridgehead atoms. The SMILES string of the molecule is Cc1cc(C)c2c(c1)N(Cc1nc(C)cs1)C(=O)C2=O. The first kappa shape index (κ1) is 13.0. The summed E-state index contributed by atoms with van der Waals surface area (Å²) >= 11 is 1.51. The molecule has 0 aliphatic carbocycles. The van der Waals surface area contributed by atoms with E-state index in [0.717, 1.165) is 21.8 Å². The molecule has 2 heterocycles. The van der Waals surface area contributed by atoms with Crippen LogP contribution >= 0.6 is 11.3 Å². The maximum atomic E-state index is 12.2. The number of fused-ring (bicyclic) bond motifs is 1. The Morgan fingerprint density at radius 3 is 2.60 bits per heavy atom. The van der Waals surface area contributed by atoms with Gasteiger partial charge >= 0.3 is 0 Å². The number of carbonyl (C=O) groups is 2. The highest BCUT2D eigenvalue weighted by molar-refractivity contribution is 7.09. The number of aromatic nitrogens is 1. The number of thiazole rings is 1. The maximum absolute atomic E-state index is 12.2. The fourth-order valence-electron chi connectivity index (χ4n) is 2.56. The van der Waals surface area contributed by atoms with Crippen LogP contribution in [0.5, 0.6) is 0 Å². The van der Waals surface area contributed by atoms with E-state index in [1.165, 1.54) is 16.2 Å². The van der Waals surface area contributed by atoms with Crippen molar-refractivity contribution in [2.75, 3.05) is 4.90 Å². The van der Waals surface area contributed by atoms with Crippen molar-refractivity contribution < 1.29 is 9.59 Å². The van der Waals surface area contributed by atoms with Crippen molar-refractivity contribution in [3.05, 3.63) is 44.9 Å². The molecule has 5 heteroatoms. The summed E-state index contributed by atoms with van der Waals surface area (Å²) < 4.78 is 0. The average Bonchev–Trinajstić information content (AvgIpc) is 2.87. The predicted octanol–water partition coefficient (Wildman–Crippen LogP) is 2.80. The van der Waals surface area contributed by atoms with Gasteiger partial charge in [0.05, 0.1) is 17.8 Å². The Kier molecular flexibility index (Phi) is 2.94. The van der Waals surface area contributed by atoms with Crippen LogP contribution in [0, 0.1) is 20.8 Å². The lowest BCUT2D eigenvalue weighted by molar-refractivity contribution is -0.114. The summed E-state index contributed by atoms with van der Waals surface area (Å²) in [6.07, 6.45) is 0. The van der Waals surface area contributed by atoms with Gasteiger partial charge in [0, 0.05) is 11.1 Å². The minimum absolute atomic E-state index is 0.360. The lowest BCUT2D eigenvalue weighted by Crippen LogP contribution is -2.29. The van der Waals surface area contributed by atoms with Gasteiger partial charge in [0.2, 0.25) is 0 Å². The van der Waals surface area contributed by atoms with Crippen molar-refractivity contribution in [2.45, 2.75) is 27.3 Å². The van der Waals surface area contributed by atoms with Gasteiger partial charge in [-0.05, 0) is 38.0 Å². The van der Waals surface area contributed by atoms with Crippen molar-refractivity contribution in [3.63, 3.8) is 0 Å². The number of anilines is 1. The van der Waals surface area contributed by atoms with Crippen LogP contribution in [0.1, 0.15) is 32.2 Å². The zero-order valence-corrected chi connectivity index (χ0v) is 12.4. The Morgan fingerprint density at radius 2 is 1.95 bits per heavy atom. The molecule has 0 spiro atoms. The first-order valence-electron chi connectivity index (χ1n) is 6.36. The number of aryl methyl sites for hydroxylation is 3. The fourth-order valence-corrected chi connectivity index (χ4v) is 3.32. The highest BCUT2D eigenvalue weighted by atomic mass is 32.1. The molecule has 0 N–H and O–H groups in total. The summed E-state index contributed by atoms with van der Waals surface area (Å²) in [7, 11) is 0. The van der Waals surface area contributed by atoms with E-state index in [4.69, 9.17) is 0 Å². The number of Topliss-reactive ketones (excluding diaryl/α,β-unsaturated/α-hetero) is 1. The zero-order valence-electron chi connectivity index (χ0n) is 11.6. The highest BCUT2D eigenvalue weighted by Crippen LogP contribution is 2.34. The van der Waals surface area contributed by atoms with E-state index in [1.807, 2.05) is 38.3 Å². The molecule has 102 valence electrons. The summed E-state index contributed by atoms with van der Waals surface area (Å²) in [6.45, 7) is 6.11. The number of carbonyl (C=O) groups excluding carboxylic acids is 2. The van der Waals surface area contributed by atoms with Gasteiger partial charge in [-0.2, -0.15) is 0 Å². The molecular formula is C15H14N2O2S. The van der Waals surface area contributed by atoms with Crippen LogP contribution in [0.4, 0.5) is 5.69 Å². The molecule has 3 rings (SSSR count). The molecule has 0 saturated heterocycles. The Balaban J connectivity index is 2.06. The third-order valence-electron chi connectivity index (χ3n) is 3.38. The Hall–Kier alpha value is -2.01. The van der Waals surface area contributed by atoms with Crippen molar-refractivity contribution in [3.8, 4) is 0 Å². The van der Waals surface area contributed by atoms with E-state index < -0.39 is 11.7 Å². The number of hydrogen-bond acceptors (Lipinski definition) is 4. The number of benzene rings is 1. The van der Waals surface area contributed by atoms with E-state index in [0.29, 0.717) is 17.8 Å². The molecule has 0 atom stereocenters. The molecule has 1 aromatic heterocycles. The van der Waals surface area contributed by atoms with E-state index in [2.05, 4.69) is 4.98 Å². The summed E-state index contributed by atoms with van der Waals surface area (Å²) in [6, 6.07) is 3.83. The van der Waals surface area contributed by atoms with Gasteiger partial charge in [-0.25, -0.2) is 4.98 Å². The predicted molar refractivity (Wildman–Crippen MR) is 78.3 cm³/mol. The van der Waals surface area contributed by atoms with Crippen LogP contribution in [0.25, 0.3) is 0 Å². The number of nitrogens with zero attached hydrogens (tertiary/aromatic N) is 2. The van der Waals surface area contributed by atoms with Crippen molar-refractivity contribution in [1.82, 2.24) is 4.98 Å². The first-order valence-corrected chi connectivity index (χ1v) is 7.24. The quantitative estimate of drug-likeness (QED) is 0.798. The van der Waals surface area contributed by atoms with Crippen LogP contribution in [-0.2, 0) is 11.3 Å². The molecule has 0 unspecified atom stereocenters. The second-order valence-electron chi connectivity index (χ2n) is 5.08. The van der Waals surface area contributed by atoms with E-state index in [1.54, 1.807) is 0 Å². The van der Waals surface area contributed by atoms with Gasteiger partial charge in [0.15, 0.2) is 0 Å². The van der Waals surface area contributed by atoms with E-state index in [9.17, 15) is 9.59 Å². The topological polar surface area (TPSA) is 50.3 Å². The standard InChI is InChI=1S/C15H14N2O2S/c1-8-4-9(2)13-11(5-8)17(15(19)14(13)18)6-12-16-10(3)7-20-12/h4-5,7H,6H2,1-3H3. The van der Waals surface area contributed by atoms with E-state index in [-0.39, 0.29) is 0 Å². The largest absolute Gasteiger partial charge is 0.299 e. The van der Waals surface area contributed by atoms with Crippen molar-refractivity contribution >= 4 is 28.7 Å². The van der Waals surface area contributed by atoms with Crippen LogP contribution in [-0.4, -0.2) is 16.7 Å². The lowest BCUT2D eigenvalue weighted by Gasteiger charge is -2.15. The van der Waals surface area contributed by atoms with Crippen molar-refractivity contribution in [1.29, 1.82) is 0 Å². The molecule has 1 aromatic carbocycles. The van der Waals surface area contributed by atoms with Gasteiger partial charge < -0.3 is 0 Å². The summed E-state index contributed by atoms with van der Waals surface area (Å²) in [4.78, 5) is 30.2. The molecule has 4 nitrogen and oxygen atoms in total. The highest BCUT2D eigenvalue weighted by Gasteiger charge is 2.37. The normalized spacial score (nSPS) is 14.1. The molecule has 2 aromatic rings. The molecule has 0 radical (unpaired) electrons. The van der Waals surface area contributed by atoms with E-state index >= 15 is 0 Å². The molecule has 0 saturated carbocycles. The van der Waals surface area contributed by atoms with Gasteiger partial charge in [-0.15, -0.1) is 11.3 Å². The number of amides is 1. The third-order valence-corrected chi connectivity index (χ3v) is 4.33. The minimum atomic E-state index is -0.457. The molecule has 1 amide bonds. The molecule has 1 aliphatic rings. The second kappa shape index (κ2) is 4.52. The minimum Gasteiger partial charge on any atom is -0.298 e. The lowest BCUT2D eigenvalue weighted by atomic mass is 10.0. The smallest absolute Gasteiger partial charge is 0.298 e. The Morgan fingerprint density at radius 1 is 1.20 bits per heavy atom. The Bertz CT molecular complexity index is 733.